The van der Waals surface area contributed by atoms with Crippen LogP contribution in [0.4, 0.5) is 13.2 Å². The summed E-state index contributed by atoms with van der Waals surface area (Å²) in [6.45, 7) is 11.2. The molecule has 9 heteroatoms. The molecule has 0 aromatic heterocycles. The van der Waals surface area contributed by atoms with Crippen LogP contribution in [0.1, 0.15) is 51.5 Å². The van der Waals surface area contributed by atoms with Crippen LogP contribution in [0.2, 0.25) is 0 Å². The van der Waals surface area contributed by atoms with Crippen LogP contribution in [0, 0.1) is 23.2 Å². The van der Waals surface area contributed by atoms with Crippen LogP contribution < -0.4 is 5.32 Å². The number of nitrogens with one attached hydrogen (secondary N) is 1. The van der Waals surface area contributed by atoms with Crippen molar-refractivity contribution in [3.05, 3.63) is 77.3 Å². The molecule has 7 atom stereocenters. The number of carbonyl (C=O) groups excluding carboxylic acids is 1. The molecule has 1 aromatic carbocycles. The van der Waals surface area contributed by atoms with Gasteiger partial charge in [-0.25, -0.2) is 0 Å². The third-order valence-electron chi connectivity index (χ3n) is 10.8. The fourth-order valence-corrected chi connectivity index (χ4v) is 9.68. The number of methoxy groups -OCH3 is 1. The Bertz CT molecular complexity index is 1390. The zero-order valence-corrected chi connectivity index (χ0v) is 25.1. The number of aliphatic hydroxyl groups is 1. The van der Waals surface area contributed by atoms with Crippen molar-refractivity contribution >= 4 is 12.0 Å². The van der Waals surface area contributed by atoms with E-state index in [0.29, 0.717) is 12.3 Å². The molecule has 1 spiro atoms. The number of nitrogens with zero attached hydrogens (tertiary/aromatic N) is 1. The van der Waals surface area contributed by atoms with Crippen LogP contribution in [0.5, 0.6) is 0 Å². The molecule has 2 aliphatic heterocycles. The quantitative estimate of drug-likeness (QED) is 0.205. The average molecular weight is 600 g/mol. The van der Waals surface area contributed by atoms with E-state index in [1.807, 2.05) is 6.08 Å². The van der Waals surface area contributed by atoms with Crippen molar-refractivity contribution in [1.29, 1.82) is 0 Å². The summed E-state index contributed by atoms with van der Waals surface area (Å²) in [5.74, 6) is -0.933. The summed E-state index contributed by atoms with van der Waals surface area (Å²) >= 11 is 0. The molecule has 5 aliphatic rings. The molecule has 2 saturated heterocycles. The number of alkyl halides is 3. The Morgan fingerprint density at radius 2 is 2.02 bits per heavy atom. The lowest BCUT2D eigenvalue weighted by Crippen LogP contribution is -2.73. The van der Waals surface area contributed by atoms with E-state index in [1.54, 1.807) is 18.2 Å². The number of halogens is 3. The topological polar surface area (TPSA) is 67.8 Å². The van der Waals surface area contributed by atoms with E-state index in [0.717, 1.165) is 61.4 Å². The number of benzene rings is 1. The van der Waals surface area contributed by atoms with Gasteiger partial charge in [0, 0.05) is 42.1 Å². The highest BCUT2D eigenvalue weighted by molar-refractivity contribution is 5.99. The summed E-state index contributed by atoms with van der Waals surface area (Å²) in [4.78, 5) is 13.8. The number of likely N-dealkylation sites (tertiary alicyclic amines) is 1. The maximum absolute atomic E-state index is 14.4. The normalized spacial score (nSPS) is 36.6. The summed E-state index contributed by atoms with van der Waals surface area (Å²) in [6.07, 6.45) is 3.10. The van der Waals surface area contributed by atoms with Gasteiger partial charge in [0.2, 0.25) is 5.72 Å². The van der Waals surface area contributed by atoms with Crippen LogP contribution in [0.25, 0.3) is 6.08 Å². The Balaban J connectivity index is 1.48. The highest BCUT2D eigenvalue weighted by Crippen LogP contribution is 2.71. The first-order valence-corrected chi connectivity index (χ1v) is 15.4. The lowest BCUT2D eigenvalue weighted by Gasteiger charge is -2.65. The number of aliphatic hydroxyl groups excluding tert-OH is 1. The van der Waals surface area contributed by atoms with Crippen LogP contribution >= 0.6 is 0 Å². The standard InChI is InChI=1S/C34H41F3N2O4/c1-5-15-39(20-21(2)3)16-14-32-24-12-9-13-28(32)43-33(29(42-4)19-27(40)23(30(32)33)18-26(24)39)38-31(41)25(34(35,36)37)17-22-10-7-6-8-11-22/h5-8,10-11,17,19,21,24,26,28,30H,1,9,12-16,18,20H2,2-4H3,(H-,38,40,41)/p+1/t24-,26+,28-,30?,32+,33?,39?/m0/s1. The number of rotatable bonds is 8. The van der Waals surface area contributed by atoms with Gasteiger partial charge in [-0.3, -0.25) is 4.79 Å². The second-order valence-corrected chi connectivity index (χ2v) is 13.5. The minimum atomic E-state index is -4.91. The van der Waals surface area contributed by atoms with Gasteiger partial charge in [-0.2, -0.15) is 13.2 Å². The molecule has 232 valence electrons. The predicted molar refractivity (Wildman–Crippen MR) is 157 cm³/mol. The molecular weight excluding hydrogens is 557 g/mol. The molecule has 2 saturated carbocycles. The van der Waals surface area contributed by atoms with E-state index in [4.69, 9.17) is 9.47 Å². The number of allylic oxidation sites excluding steroid dienone is 1. The van der Waals surface area contributed by atoms with E-state index in [9.17, 15) is 23.1 Å². The molecule has 2 bridgehead atoms. The third kappa shape index (κ3) is 4.48. The molecule has 3 aliphatic carbocycles. The Hall–Kier alpha value is -3.04. The molecular formula is C34H42F3N2O4+. The Morgan fingerprint density at radius 3 is 2.67 bits per heavy atom. The summed E-state index contributed by atoms with van der Waals surface area (Å²) in [7, 11) is 1.41. The van der Waals surface area contributed by atoms with E-state index < -0.39 is 34.7 Å². The highest BCUT2D eigenvalue weighted by Gasteiger charge is 2.77. The monoisotopic (exact) mass is 599 g/mol. The number of hydrogen-bond donors (Lipinski definition) is 2. The fraction of sp³-hybridized carbons (Fsp3) is 0.559. The van der Waals surface area contributed by atoms with Gasteiger partial charge in [0.05, 0.1) is 38.9 Å². The van der Waals surface area contributed by atoms with Crippen molar-refractivity contribution in [3.8, 4) is 0 Å². The van der Waals surface area contributed by atoms with Crippen molar-refractivity contribution in [1.82, 2.24) is 5.32 Å². The van der Waals surface area contributed by atoms with E-state index in [1.165, 1.54) is 25.3 Å². The molecule has 1 aromatic rings. The predicted octanol–water partition coefficient (Wildman–Crippen LogP) is 6.44. The first-order valence-electron chi connectivity index (χ1n) is 15.4. The van der Waals surface area contributed by atoms with Gasteiger partial charge in [0.1, 0.15) is 11.3 Å². The summed E-state index contributed by atoms with van der Waals surface area (Å²) in [6, 6.07) is 8.21. The number of ether oxygens (including phenoxy) is 2. The number of hydrogen-bond acceptors (Lipinski definition) is 4. The van der Waals surface area contributed by atoms with Crippen molar-refractivity contribution in [2.24, 2.45) is 23.2 Å². The number of carbonyl (C=O) groups is 1. The van der Waals surface area contributed by atoms with Crippen LogP contribution in [0.15, 0.2) is 71.7 Å². The van der Waals surface area contributed by atoms with E-state index >= 15 is 0 Å². The van der Waals surface area contributed by atoms with Gasteiger partial charge in [-0.05, 0) is 36.1 Å². The smallest absolute Gasteiger partial charge is 0.421 e. The Labute approximate surface area is 251 Å². The van der Waals surface area contributed by atoms with E-state index in [2.05, 4.69) is 25.7 Å². The molecule has 0 radical (unpaired) electrons. The van der Waals surface area contributed by atoms with Crippen LogP contribution in [0.3, 0.4) is 0 Å². The van der Waals surface area contributed by atoms with Crippen molar-refractivity contribution in [3.63, 3.8) is 0 Å². The minimum Gasteiger partial charge on any atom is -0.508 e. The van der Waals surface area contributed by atoms with Gasteiger partial charge >= 0.3 is 6.18 Å². The van der Waals surface area contributed by atoms with E-state index in [-0.39, 0.29) is 35.1 Å². The summed E-state index contributed by atoms with van der Waals surface area (Å²) in [5, 5.41) is 14.2. The number of piperidine rings is 1. The van der Waals surface area contributed by atoms with Crippen molar-refractivity contribution in [2.45, 2.75) is 70.0 Å². The molecule has 6 rings (SSSR count). The number of amides is 1. The van der Waals surface area contributed by atoms with Gasteiger partial charge in [0.25, 0.3) is 5.91 Å². The van der Waals surface area contributed by atoms with Gasteiger partial charge in [-0.1, -0.05) is 57.2 Å². The van der Waals surface area contributed by atoms with Crippen LogP contribution in [-0.2, 0) is 14.3 Å². The van der Waals surface area contributed by atoms with Crippen LogP contribution in [-0.4, -0.2) is 66.3 Å². The fourth-order valence-electron chi connectivity index (χ4n) is 9.68. The lowest BCUT2D eigenvalue weighted by atomic mass is 9.46. The number of quaternary nitrogens is 1. The second kappa shape index (κ2) is 10.5. The maximum atomic E-state index is 14.4. The Morgan fingerprint density at radius 1 is 1.28 bits per heavy atom. The Kier molecular flexibility index (Phi) is 7.36. The van der Waals surface area contributed by atoms with Crippen molar-refractivity contribution in [2.75, 3.05) is 26.7 Å². The largest absolute Gasteiger partial charge is 0.508 e. The molecule has 43 heavy (non-hydrogen) atoms. The molecule has 6 nitrogen and oxygen atoms in total. The molecule has 4 fully saturated rings. The average Bonchev–Trinajstić information content (AvgIpc) is 3.24. The minimum absolute atomic E-state index is 0.0726. The summed E-state index contributed by atoms with van der Waals surface area (Å²) < 4.78 is 56.8. The zero-order chi connectivity index (χ0) is 30.8. The zero-order valence-electron chi connectivity index (χ0n) is 25.1. The summed E-state index contributed by atoms with van der Waals surface area (Å²) in [5.41, 5.74) is -2.40. The first-order chi connectivity index (χ1) is 20.4. The molecule has 1 amide bonds. The molecule has 2 heterocycles. The van der Waals surface area contributed by atoms with Gasteiger partial charge in [-0.15, -0.1) is 0 Å². The second-order valence-electron chi connectivity index (χ2n) is 13.5. The van der Waals surface area contributed by atoms with Crippen molar-refractivity contribution < 1.29 is 37.0 Å². The van der Waals surface area contributed by atoms with Gasteiger partial charge in [0.15, 0.2) is 5.76 Å². The lowest BCUT2D eigenvalue weighted by molar-refractivity contribution is -0.961. The molecule has 2 N–H and O–H groups in total. The van der Waals surface area contributed by atoms with Gasteiger partial charge < -0.3 is 24.4 Å². The highest BCUT2D eigenvalue weighted by atomic mass is 19.4. The first kappa shape index (κ1) is 30.0. The maximum Gasteiger partial charge on any atom is 0.421 e. The molecule has 3 unspecified atom stereocenters. The third-order valence-corrected chi connectivity index (χ3v) is 10.8. The SMILES string of the molecule is C=CC[N+]1(CC(C)C)CC[C@]23C4C5=C(O)C=C(OC)C4(NC(=O)C(=Cc4ccccc4)C(F)(F)F)O[C@H]2CCC[C@H]3[C@H]1C5.